The summed E-state index contributed by atoms with van der Waals surface area (Å²) in [5.74, 6) is 0.298. The molecule has 0 aliphatic carbocycles. The number of rotatable bonds is 4. The van der Waals surface area contributed by atoms with E-state index in [-0.39, 0.29) is 6.61 Å². The summed E-state index contributed by atoms with van der Waals surface area (Å²) in [5, 5.41) is 9.16. The van der Waals surface area contributed by atoms with E-state index in [4.69, 9.17) is 9.29 Å². The monoisotopic (exact) mass is 292 g/mol. The van der Waals surface area contributed by atoms with Crippen LogP contribution in [-0.4, -0.2) is 19.8 Å². The third-order valence-corrected chi connectivity index (χ3v) is 3.36. The van der Waals surface area contributed by atoms with Gasteiger partial charge in [0.05, 0.1) is 12.9 Å². The van der Waals surface area contributed by atoms with Crippen LogP contribution in [0.1, 0.15) is 11.1 Å². The molecule has 0 aliphatic heterocycles. The lowest BCUT2D eigenvalue weighted by atomic mass is 9.99. The highest BCUT2D eigenvalue weighted by molar-refractivity contribution is 7.86. The van der Waals surface area contributed by atoms with Crippen molar-refractivity contribution in [2.45, 2.75) is 13.5 Å². The van der Waals surface area contributed by atoms with Crippen LogP contribution in [0.15, 0.2) is 42.5 Å². The summed E-state index contributed by atoms with van der Waals surface area (Å²) in [5.41, 5.74) is 3.68. The molecule has 106 valence electrons. The summed E-state index contributed by atoms with van der Waals surface area (Å²) < 4.78 is 27.1. The average molecular weight is 292 g/mol. The smallest absolute Gasteiger partial charge is 0.306 e. The van der Waals surface area contributed by atoms with E-state index < -0.39 is 10.1 Å². The molecule has 0 amide bonds. The molecule has 2 aromatic rings. The molecule has 2 aromatic carbocycles. The summed E-state index contributed by atoms with van der Waals surface area (Å²) in [6.07, 6.45) is 1.01. The van der Waals surface area contributed by atoms with Gasteiger partial charge in [0.1, 0.15) is 5.75 Å². The van der Waals surface area contributed by atoms with Crippen molar-refractivity contribution in [3.05, 3.63) is 53.6 Å². The zero-order chi connectivity index (χ0) is 14.8. The van der Waals surface area contributed by atoms with Crippen molar-refractivity contribution in [3.8, 4) is 16.9 Å². The zero-order valence-electron chi connectivity index (χ0n) is 11.3. The molecular formula is C15H16O4S. The Labute approximate surface area is 118 Å². The van der Waals surface area contributed by atoms with Crippen LogP contribution in [-0.2, 0) is 16.7 Å². The summed E-state index contributed by atoms with van der Waals surface area (Å²) in [6.45, 7) is 1.87. The molecule has 1 N–H and O–H groups in total. The first-order valence-corrected chi connectivity index (χ1v) is 7.91. The lowest BCUT2D eigenvalue weighted by Gasteiger charge is -2.10. The Kier molecular flexibility index (Phi) is 4.11. The molecule has 0 aliphatic rings. The fourth-order valence-corrected chi connectivity index (χ4v) is 2.48. The van der Waals surface area contributed by atoms with Gasteiger partial charge in [-0.3, -0.25) is 0 Å². The van der Waals surface area contributed by atoms with Crippen LogP contribution in [0.5, 0.6) is 5.75 Å². The molecule has 20 heavy (non-hydrogen) atoms. The first-order chi connectivity index (χ1) is 9.39. The molecule has 0 unspecified atom stereocenters. The highest BCUT2D eigenvalue weighted by atomic mass is 32.2. The molecule has 0 fully saturated rings. The second-order valence-corrected chi connectivity index (χ2v) is 6.20. The van der Waals surface area contributed by atoms with Gasteiger partial charge in [-0.15, -0.1) is 0 Å². The highest BCUT2D eigenvalue weighted by Gasteiger charge is 2.08. The van der Waals surface area contributed by atoms with Gasteiger partial charge in [0.25, 0.3) is 0 Å². The van der Waals surface area contributed by atoms with E-state index in [9.17, 15) is 8.42 Å². The number of aliphatic hydroxyl groups is 1. The van der Waals surface area contributed by atoms with E-state index in [1.54, 1.807) is 12.1 Å². The van der Waals surface area contributed by atoms with Crippen LogP contribution >= 0.6 is 0 Å². The van der Waals surface area contributed by atoms with E-state index in [2.05, 4.69) is 0 Å². The lowest BCUT2D eigenvalue weighted by molar-refractivity contribution is 0.282. The highest BCUT2D eigenvalue weighted by Crippen LogP contribution is 2.28. The van der Waals surface area contributed by atoms with Crippen molar-refractivity contribution >= 4 is 10.1 Å². The third-order valence-electron chi connectivity index (χ3n) is 2.87. The molecule has 0 bridgehead atoms. The molecule has 4 nitrogen and oxygen atoms in total. The molecule has 5 heteroatoms. The van der Waals surface area contributed by atoms with Crippen LogP contribution in [0.2, 0.25) is 0 Å². The number of benzene rings is 2. The molecule has 0 saturated carbocycles. The Morgan fingerprint density at radius 3 is 2.50 bits per heavy atom. The quantitative estimate of drug-likeness (QED) is 0.879. The average Bonchev–Trinajstić information content (AvgIpc) is 2.37. The van der Waals surface area contributed by atoms with Crippen LogP contribution in [0.3, 0.4) is 0 Å². The second kappa shape index (κ2) is 5.64. The summed E-state index contributed by atoms with van der Waals surface area (Å²) in [4.78, 5) is 0. The first kappa shape index (κ1) is 14.6. The van der Waals surface area contributed by atoms with Gasteiger partial charge in [-0.1, -0.05) is 24.3 Å². The van der Waals surface area contributed by atoms with Crippen molar-refractivity contribution in [3.63, 3.8) is 0 Å². The van der Waals surface area contributed by atoms with Crippen LogP contribution in [0.25, 0.3) is 11.1 Å². The predicted molar refractivity (Wildman–Crippen MR) is 78.0 cm³/mol. The third kappa shape index (κ3) is 3.59. The Morgan fingerprint density at radius 1 is 1.15 bits per heavy atom. The van der Waals surface area contributed by atoms with Crippen LogP contribution < -0.4 is 4.18 Å². The van der Waals surface area contributed by atoms with Gasteiger partial charge in [0.15, 0.2) is 0 Å². The second-order valence-electron chi connectivity index (χ2n) is 4.62. The van der Waals surface area contributed by atoms with E-state index in [1.807, 2.05) is 37.3 Å². The van der Waals surface area contributed by atoms with Gasteiger partial charge >= 0.3 is 10.1 Å². The van der Waals surface area contributed by atoms with Crippen LogP contribution in [0, 0.1) is 6.92 Å². The number of hydrogen-bond donors (Lipinski definition) is 1. The van der Waals surface area contributed by atoms with E-state index in [1.165, 1.54) is 0 Å². The lowest BCUT2D eigenvalue weighted by Crippen LogP contribution is -2.05. The molecule has 0 radical (unpaired) electrons. The SMILES string of the molecule is Cc1cc(OS(C)(=O)=O)ccc1-c1cccc(CO)c1. The van der Waals surface area contributed by atoms with Gasteiger partial charge in [0, 0.05) is 0 Å². The topological polar surface area (TPSA) is 63.6 Å². The van der Waals surface area contributed by atoms with Gasteiger partial charge in [-0.2, -0.15) is 8.42 Å². The van der Waals surface area contributed by atoms with Crippen molar-refractivity contribution in [2.24, 2.45) is 0 Å². The first-order valence-electron chi connectivity index (χ1n) is 6.09. The van der Waals surface area contributed by atoms with Crippen LogP contribution in [0.4, 0.5) is 0 Å². The number of aryl methyl sites for hydroxylation is 1. The Hall–Kier alpha value is -1.85. The Morgan fingerprint density at radius 2 is 1.90 bits per heavy atom. The van der Waals surface area contributed by atoms with E-state index in [0.29, 0.717) is 5.75 Å². The normalized spacial score (nSPS) is 11.3. The Bertz CT molecular complexity index is 720. The minimum absolute atomic E-state index is 0.0117. The van der Waals surface area contributed by atoms with Crippen molar-refractivity contribution in [1.82, 2.24) is 0 Å². The maximum absolute atomic E-state index is 11.1. The maximum Gasteiger partial charge on any atom is 0.306 e. The largest absolute Gasteiger partial charge is 0.392 e. The minimum Gasteiger partial charge on any atom is -0.392 e. The fourth-order valence-electron chi connectivity index (χ4n) is 2.02. The molecule has 0 spiro atoms. The van der Waals surface area contributed by atoms with Gasteiger partial charge in [-0.25, -0.2) is 0 Å². The molecule has 0 heterocycles. The summed E-state index contributed by atoms with van der Waals surface area (Å²) in [6, 6.07) is 12.7. The molecular weight excluding hydrogens is 276 g/mol. The molecule has 0 aromatic heterocycles. The fraction of sp³-hybridized carbons (Fsp3) is 0.200. The van der Waals surface area contributed by atoms with Gasteiger partial charge in [0.2, 0.25) is 0 Å². The molecule has 0 saturated heterocycles. The standard InChI is InChI=1S/C15H16O4S/c1-11-8-14(19-20(2,17)18)6-7-15(11)13-5-3-4-12(9-13)10-16/h3-9,16H,10H2,1-2H3. The zero-order valence-corrected chi connectivity index (χ0v) is 12.1. The maximum atomic E-state index is 11.1. The Balaban J connectivity index is 2.38. The minimum atomic E-state index is -3.52. The number of hydrogen-bond acceptors (Lipinski definition) is 4. The van der Waals surface area contributed by atoms with Gasteiger partial charge < -0.3 is 9.29 Å². The number of aliphatic hydroxyl groups excluding tert-OH is 1. The van der Waals surface area contributed by atoms with Crippen molar-refractivity contribution in [2.75, 3.05) is 6.26 Å². The van der Waals surface area contributed by atoms with Crippen molar-refractivity contribution in [1.29, 1.82) is 0 Å². The summed E-state index contributed by atoms with van der Waals surface area (Å²) in [7, 11) is -3.52. The van der Waals surface area contributed by atoms with Crippen molar-refractivity contribution < 1.29 is 17.7 Å². The summed E-state index contributed by atoms with van der Waals surface area (Å²) >= 11 is 0. The molecule has 2 rings (SSSR count). The van der Waals surface area contributed by atoms with E-state index in [0.717, 1.165) is 28.5 Å². The van der Waals surface area contributed by atoms with Gasteiger partial charge in [-0.05, 0) is 47.4 Å². The predicted octanol–water partition coefficient (Wildman–Crippen LogP) is 2.49. The molecule has 0 atom stereocenters. The van der Waals surface area contributed by atoms with E-state index >= 15 is 0 Å².